The predicted molar refractivity (Wildman–Crippen MR) is 109 cm³/mol. The first-order valence-corrected chi connectivity index (χ1v) is 9.12. The Morgan fingerprint density at radius 2 is 1.79 bits per heavy atom. The number of amides is 1. The highest BCUT2D eigenvalue weighted by Gasteiger charge is 2.17. The number of anilines is 1. The average Bonchev–Trinajstić information content (AvgIpc) is 3.17. The number of hydrogen-bond donors (Lipinski definition) is 2. The zero-order chi connectivity index (χ0) is 20.4. The molecule has 4 aromatic rings. The lowest BCUT2D eigenvalue weighted by Gasteiger charge is -2.17. The van der Waals surface area contributed by atoms with Crippen molar-refractivity contribution in [3.05, 3.63) is 84.1 Å². The van der Waals surface area contributed by atoms with Crippen LogP contribution in [0.3, 0.4) is 0 Å². The van der Waals surface area contributed by atoms with E-state index < -0.39 is 5.60 Å². The van der Waals surface area contributed by atoms with Crippen molar-refractivity contribution in [3.8, 4) is 11.6 Å². The summed E-state index contributed by atoms with van der Waals surface area (Å²) >= 11 is 0. The van der Waals surface area contributed by atoms with E-state index >= 15 is 0 Å². The molecule has 0 aliphatic rings. The molecule has 2 heterocycles. The molecule has 0 radical (unpaired) electrons. The van der Waals surface area contributed by atoms with Crippen LogP contribution in [-0.4, -0.2) is 25.6 Å². The van der Waals surface area contributed by atoms with Gasteiger partial charge < -0.3 is 15.2 Å². The van der Waals surface area contributed by atoms with Gasteiger partial charge in [-0.15, -0.1) is 0 Å². The molecule has 7 nitrogen and oxygen atoms in total. The summed E-state index contributed by atoms with van der Waals surface area (Å²) in [7, 11) is 0. The van der Waals surface area contributed by atoms with Crippen molar-refractivity contribution in [1.82, 2.24) is 14.6 Å². The Hall–Kier alpha value is -3.71. The van der Waals surface area contributed by atoms with Crippen molar-refractivity contribution >= 4 is 17.4 Å². The zero-order valence-electron chi connectivity index (χ0n) is 16.0. The first-order chi connectivity index (χ1) is 13.9. The minimum atomic E-state index is -0.965. The van der Waals surface area contributed by atoms with Crippen molar-refractivity contribution in [3.63, 3.8) is 0 Å². The second kappa shape index (κ2) is 7.37. The van der Waals surface area contributed by atoms with Crippen LogP contribution in [0.5, 0.6) is 11.6 Å². The second-order valence-corrected chi connectivity index (χ2v) is 7.09. The Morgan fingerprint density at radius 1 is 1.07 bits per heavy atom. The number of ether oxygens (including phenoxy) is 1. The molecule has 0 aliphatic carbocycles. The topological polar surface area (TPSA) is 88.8 Å². The summed E-state index contributed by atoms with van der Waals surface area (Å²) in [4.78, 5) is 17.1. The Bertz CT molecular complexity index is 1150. The predicted octanol–water partition coefficient (Wildman–Crippen LogP) is 4.00. The van der Waals surface area contributed by atoms with Gasteiger partial charge in [0, 0.05) is 17.7 Å². The van der Waals surface area contributed by atoms with Crippen LogP contribution >= 0.6 is 0 Å². The molecule has 2 aromatic carbocycles. The summed E-state index contributed by atoms with van der Waals surface area (Å²) in [5.41, 5.74) is 0.768. The monoisotopic (exact) mass is 388 g/mol. The smallest absolute Gasteiger partial charge is 0.256 e. The van der Waals surface area contributed by atoms with Gasteiger partial charge in [-0.25, -0.2) is 4.98 Å². The standard InChI is InChI=1S/C22H20N4O3/c1-22(2,28)16-10-8-15(9-11-16)21(27)25-18-14-20(26-19(24-18)12-13-23-26)29-17-6-4-3-5-7-17/h3-14,28H,1-2H3,(H,24,25,27). The van der Waals surface area contributed by atoms with E-state index in [9.17, 15) is 9.90 Å². The zero-order valence-corrected chi connectivity index (χ0v) is 16.0. The number of fused-ring (bicyclic) bond motifs is 1. The molecule has 2 N–H and O–H groups in total. The fourth-order valence-corrected chi connectivity index (χ4v) is 2.85. The highest BCUT2D eigenvalue weighted by atomic mass is 16.5. The molecule has 146 valence electrons. The maximum atomic E-state index is 12.6. The van der Waals surface area contributed by atoms with Crippen LogP contribution in [0.15, 0.2) is 72.9 Å². The van der Waals surface area contributed by atoms with Crippen LogP contribution in [0.4, 0.5) is 5.82 Å². The van der Waals surface area contributed by atoms with Crippen LogP contribution in [-0.2, 0) is 5.60 Å². The molecule has 0 unspecified atom stereocenters. The molecule has 0 saturated carbocycles. The summed E-state index contributed by atoms with van der Waals surface area (Å²) in [6, 6.07) is 19.4. The molecule has 2 aromatic heterocycles. The summed E-state index contributed by atoms with van der Waals surface area (Å²) in [6.45, 7) is 3.39. The van der Waals surface area contributed by atoms with Gasteiger partial charge in [-0.1, -0.05) is 30.3 Å². The number of carbonyl (C=O) groups is 1. The van der Waals surface area contributed by atoms with Gasteiger partial charge >= 0.3 is 0 Å². The average molecular weight is 388 g/mol. The summed E-state index contributed by atoms with van der Waals surface area (Å²) in [5.74, 6) is 1.11. The van der Waals surface area contributed by atoms with E-state index in [0.717, 1.165) is 5.56 Å². The van der Waals surface area contributed by atoms with Crippen molar-refractivity contribution in [2.45, 2.75) is 19.4 Å². The van der Waals surface area contributed by atoms with Crippen molar-refractivity contribution in [2.75, 3.05) is 5.32 Å². The summed E-state index contributed by atoms with van der Waals surface area (Å²) in [5, 5.41) is 17.1. The third kappa shape index (κ3) is 4.09. The van der Waals surface area contributed by atoms with Gasteiger partial charge in [0.15, 0.2) is 5.65 Å². The summed E-state index contributed by atoms with van der Waals surface area (Å²) < 4.78 is 7.47. The minimum Gasteiger partial charge on any atom is -0.439 e. The number of aliphatic hydroxyl groups is 1. The SMILES string of the molecule is CC(C)(O)c1ccc(C(=O)Nc2cc(Oc3ccccc3)n3nccc3n2)cc1. The molecule has 0 spiro atoms. The second-order valence-electron chi connectivity index (χ2n) is 7.09. The van der Waals surface area contributed by atoms with Crippen molar-refractivity contribution in [2.24, 2.45) is 0 Å². The molecule has 0 saturated heterocycles. The fourth-order valence-electron chi connectivity index (χ4n) is 2.85. The molecule has 29 heavy (non-hydrogen) atoms. The number of nitrogens with zero attached hydrogens (tertiary/aromatic N) is 3. The van der Waals surface area contributed by atoms with Crippen LogP contribution < -0.4 is 10.1 Å². The van der Waals surface area contributed by atoms with Gasteiger partial charge in [0.1, 0.15) is 11.6 Å². The maximum Gasteiger partial charge on any atom is 0.256 e. The number of rotatable bonds is 5. The Morgan fingerprint density at radius 3 is 2.48 bits per heavy atom. The largest absolute Gasteiger partial charge is 0.439 e. The number of carbonyl (C=O) groups excluding carboxylic acids is 1. The molecular formula is C22H20N4O3. The number of benzene rings is 2. The van der Waals surface area contributed by atoms with Gasteiger partial charge in [0.2, 0.25) is 5.88 Å². The molecule has 4 rings (SSSR count). The molecule has 0 fully saturated rings. The van der Waals surface area contributed by atoms with Crippen molar-refractivity contribution < 1.29 is 14.6 Å². The lowest BCUT2D eigenvalue weighted by atomic mass is 9.97. The van der Waals surface area contributed by atoms with E-state index in [1.807, 2.05) is 30.3 Å². The van der Waals surface area contributed by atoms with E-state index in [1.54, 1.807) is 61.0 Å². The highest BCUT2D eigenvalue weighted by molar-refractivity contribution is 6.03. The van der Waals surface area contributed by atoms with Gasteiger partial charge in [-0.05, 0) is 43.7 Å². The fraction of sp³-hybridized carbons (Fsp3) is 0.136. The number of aromatic nitrogens is 3. The van der Waals surface area contributed by atoms with Crippen LogP contribution in [0.25, 0.3) is 5.65 Å². The molecule has 0 bridgehead atoms. The van der Waals surface area contributed by atoms with E-state index in [4.69, 9.17) is 4.74 Å². The number of nitrogens with one attached hydrogen (secondary N) is 1. The van der Waals surface area contributed by atoms with E-state index in [1.165, 1.54) is 0 Å². The van der Waals surface area contributed by atoms with Crippen molar-refractivity contribution in [1.29, 1.82) is 0 Å². The number of para-hydroxylation sites is 1. The molecule has 0 aliphatic heterocycles. The lowest BCUT2D eigenvalue weighted by Crippen LogP contribution is -2.17. The molecule has 1 amide bonds. The van der Waals surface area contributed by atoms with Gasteiger partial charge in [-0.2, -0.15) is 9.61 Å². The summed E-state index contributed by atoms with van der Waals surface area (Å²) in [6.07, 6.45) is 1.61. The highest BCUT2D eigenvalue weighted by Crippen LogP contribution is 2.25. The minimum absolute atomic E-state index is 0.311. The van der Waals surface area contributed by atoms with E-state index in [2.05, 4.69) is 15.4 Å². The van der Waals surface area contributed by atoms with Gasteiger partial charge in [0.05, 0.1) is 11.8 Å². The molecular weight excluding hydrogens is 368 g/mol. The lowest BCUT2D eigenvalue weighted by molar-refractivity contribution is 0.0785. The normalized spacial score (nSPS) is 11.4. The third-order valence-corrected chi connectivity index (χ3v) is 4.39. The first kappa shape index (κ1) is 18.6. The van der Waals surface area contributed by atoms with Crippen LogP contribution in [0.2, 0.25) is 0 Å². The Labute approximate surface area is 167 Å². The molecule has 0 atom stereocenters. The third-order valence-electron chi connectivity index (χ3n) is 4.39. The number of hydrogen-bond acceptors (Lipinski definition) is 5. The van der Waals surface area contributed by atoms with E-state index in [-0.39, 0.29) is 5.91 Å². The van der Waals surface area contributed by atoms with Gasteiger partial charge in [-0.3, -0.25) is 4.79 Å². The Balaban J connectivity index is 1.60. The van der Waals surface area contributed by atoms with Crippen LogP contribution in [0.1, 0.15) is 29.8 Å². The quantitative estimate of drug-likeness (QED) is 0.539. The maximum absolute atomic E-state index is 12.6. The van der Waals surface area contributed by atoms with Gasteiger partial charge in [0.25, 0.3) is 5.91 Å². The van der Waals surface area contributed by atoms with Crippen LogP contribution in [0, 0.1) is 0 Å². The van der Waals surface area contributed by atoms with E-state index in [0.29, 0.717) is 28.7 Å². The molecule has 7 heteroatoms. The first-order valence-electron chi connectivity index (χ1n) is 9.12. The Kier molecular flexibility index (Phi) is 4.74.